The molecular weight excluding hydrogens is 277 g/mol. The van der Waals surface area contributed by atoms with Crippen molar-refractivity contribution in [3.8, 4) is 0 Å². The second-order valence-corrected chi connectivity index (χ2v) is 6.00. The largest absolute Gasteiger partial charge is 0.395 e. The predicted octanol–water partition coefficient (Wildman–Crippen LogP) is 3.44. The van der Waals surface area contributed by atoms with E-state index in [2.05, 4.69) is 19.2 Å². The summed E-state index contributed by atoms with van der Waals surface area (Å²) in [6, 6.07) is 6.02. The molecule has 0 fully saturated rings. The van der Waals surface area contributed by atoms with Crippen LogP contribution >= 0.6 is 35.0 Å². The Morgan fingerprint density at radius 2 is 2.00 bits per heavy atom. The molecule has 1 aromatic rings. The molecule has 17 heavy (non-hydrogen) atoms. The van der Waals surface area contributed by atoms with Gasteiger partial charge in [0.25, 0.3) is 0 Å². The Bertz CT molecular complexity index is 360. The van der Waals surface area contributed by atoms with Crippen LogP contribution in [-0.4, -0.2) is 29.5 Å². The summed E-state index contributed by atoms with van der Waals surface area (Å²) in [5.74, 6) is 0.798. The Hall–Kier alpha value is 0.0700. The molecular formula is C12H17Cl2NOS. The summed E-state index contributed by atoms with van der Waals surface area (Å²) in [7, 11) is 0. The molecule has 2 N–H and O–H groups in total. The van der Waals surface area contributed by atoms with Crippen molar-refractivity contribution in [1.29, 1.82) is 0 Å². The van der Waals surface area contributed by atoms with E-state index in [0.29, 0.717) is 16.1 Å². The monoisotopic (exact) mass is 293 g/mol. The second kappa shape index (κ2) is 7.49. The maximum absolute atomic E-state index is 9.23. The van der Waals surface area contributed by atoms with Crippen LogP contribution < -0.4 is 5.32 Å². The van der Waals surface area contributed by atoms with E-state index < -0.39 is 0 Å². The van der Waals surface area contributed by atoms with Crippen molar-refractivity contribution in [1.82, 2.24) is 5.32 Å². The van der Waals surface area contributed by atoms with E-state index in [1.807, 2.05) is 12.1 Å². The van der Waals surface area contributed by atoms with Crippen molar-refractivity contribution in [3.05, 3.63) is 28.2 Å². The van der Waals surface area contributed by atoms with E-state index >= 15 is 0 Å². The summed E-state index contributed by atoms with van der Waals surface area (Å²) in [5, 5.41) is 13.7. The third kappa shape index (κ3) is 5.49. The third-order valence-electron chi connectivity index (χ3n) is 2.13. The molecule has 1 unspecified atom stereocenters. The first-order chi connectivity index (χ1) is 8.02. The summed E-state index contributed by atoms with van der Waals surface area (Å²) in [5.41, 5.74) is 0. The summed E-state index contributed by atoms with van der Waals surface area (Å²) in [6.45, 7) is 4.26. The van der Waals surface area contributed by atoms with E-state index in [1.54, 1.807) is 17.8 Å². The molecule has 0 aliphatic rings. The molecule has 2 nitrogen and oxygen atoms in total. The van der Waals surface area contributed by atoms with E-state index in [9.17, 15) is 5.11 Å². The average molecular weight is 294 g/mol. The first kappa shape index (κ1) is 15.1. The quantitative estimate of drug-likeness (QED) is 0.788. The van der Waals surface area contributed by atoms with Crippen LogP contribution in [0, 0.1) is 0 Å². The Labute approximate surface area is 117 Å². The lowest BCUT2D eigenvalue weighted by Gasteiger charge is -2.18. The van der Waals surface area contributed by atoms with Gasteiger partial charge in [0.1, 0.15) is 0 Å². The smallest absolute Gasteiger partial charge is 0.0603 e. The molecule has 0 aliphatic carbocycles. The Morgan fingerprint density at radius 3 is 2.53 bits per heavy atom. The van der Waals surface area contributed by atoms with E-state index in [4.69, 9.17) is 23.2 Å². The summed E-state index contributed by atoms with van der Waals surface area (Å²) in [4.78, 5) is 1.06. The first-order valence-corrected chi connectivity index (χ1v) is 7.22. The lowest BCUT2D eigenvalue weighted by Crippen LogP contribution is -2.39. The van der Waals surface area contributed by atoms with Gasteiger partial charge >= 0.3 is 0 Å². The van der Waals surface area contributed by atoms with Gasteiger partial charge in [-0.3, -0.25) is 0 Å². The minimum atomic E-state index is 0.0921. The van der Waals surface area contributed by atoms with Gasteiger partial charge in [-0.15, -0.1) is 11.8 Å². The molecule has 0 spiro atoms. The van der Waals surface area contributed by atoms with Gasteiger partial charge in [0.05, 0.1) is 16.7 Å². The standard InChI is InChI=1S/C12H17Cl2NOS/c1-8(2)15-9(6-16)7-17-10-3-4-11(13)12(14)5-10/h3-5,8-9,15-16H,6-7H2,1-2H3. The molecule has 1 aromatic carbocycles. The van der Waals surface area contributed by atoms with Crippen molar-refractivity contribution in [2.75, 3.05) is 12.4 Å². The van der Waals surface area contributed by atoms with Crippen molar-refractivity contribution >= 4 is 35.0 Å². The summed E-state index contributed by atoms with van der Waals surface area (Å²) in [6.07, 6.45) is 0. The van der Waals surface area contributed by atoms with Crippen LogP contribution in [-0.2, 0) is 0 Å². The third-order valence-corrected chi connectivity index (χ3v) is 4.03. The number of hydrogen-bond acceptors (Lipinski definition) is 3. The molecule has 1 rings (SSSR count). The van der Waals surface area contributed by atoms with Crippen molar-refractivity contribution in [2.24, 2.45) is 0 Å². The number of benzene rings is 1. The van der Waals surface area contributed by atoms with Crippen LogP contribution in [0.3, 0.4) is 0 Å². The Morgan fingerprint density at radius 1 is 1.29 bits per heavy atom. The van der Waals surface area contributed by atoms with Gasteiger partial charge in [-0.1, -0.05) is 37.0 Å². The molecule has 0 radical (unpaired) electrons. The van der Waals surface area contributed by atoms with Gasteiger partial charge in [-0.2, -0.15) is 0 Å². The minimum Gasteiger partial charge on any atom is -0.395 e. The van der Waals surface area contributed by atoms with E-state index in [0.717, 1.165) is 10.6 Å². The van der Waals surface area contributed by atoms with Gasteiger partial charge in [0.2, 0.25) is 0 Å². The van der Waals surface area contributed by atoms with Crippen LogP contribution in [0.4, 0.5) is 0 Å². The predicted molar refractivity (Wildman–Crippen MR) is 76.3 cm³/mol. The fourth-order valence-electron chi connectivity index (χ4n) is 1.39. The number of halogens is 2. The Kier molecular flexibility index (Phi) is 6.67. The van der Waals surface area contributed by atoms with Gasteiger partial charge in [-0.05, 0) is 18.2 Å². The second-order valence-electron chi connectivity index (χ2n) is 4.09. The van der Waals surface area contributed by atoms with Gasteiger partial charge in [-0.25, -0.2) is 0 Å². The zero-order valence-corrected chi connectivity index (χ0v) is 12.2. The van der Waals surface area contributed by atoms with Crippen LogP contribution in [0.15, 0.2) is 23.1 Å². The lowest BCUT2D eigenvalue weighted by atomic mass is 10.3. The SMILES string of the molecule is CC(C)NC(CO)CSc1ccc(Cl)c(Cl)c1. The van der Waals surface area contributed by atoms with Gasteiger partial charge in [0.15, 0.2) is 0 Å². The number of thioether (sulfide) groups is 1. The van der Waals surface area contributed by atoms with Crippen LogP contribution in [0.1, 0.15) is 13.8 Å². The zero-order chi connectivity index (χ0) is 12.8. The molecule has 0 aliphatic heterocycles. The molecule has 0 heterocycles. The highest BCUT2D eigenvalue weighted by molar-refractivity contribution is 7.99. The summed E-state index contributed by atoms with van der Waals surface area (Å²) < 4.78 is 0. The highest BCUT2D eigenvalue weighted by atomic mass is 35.5. The first-order valence-electron chi connectivity index (χ1n) is 5.47. The number of hydrogen-bond donors (Lipinski definition) is 2. The minimum absolute atomic E-state index is 0.0921. The number of nitrogens with one attached hydrogen (secondary N) is 1. The van der Waals surface area contributed by atoms with E-state index in [1.165, 1.54) is 0 Å². The molecule has 0 bridgehead atoms. The van der Waals surface area contributed by atoms with Crippen LogP contribution in [0.2, 0.25) is 10.0 Å². The lowest BCUT2D eigenvalue weighted by molar-refractivity contribution is 0.247. The number of aliphatic hydroxyl groups excluding tert-OH is 1. The number of rotatable bonds is 6. The maximum Gasteiger partial charge on any atom is 0.0603 e. The fourth-order valence-corrected chi connectivity index (χ4v) is 2.71. The molecule has 0 saturated heterocycles. The molecule has 0 amide bonds. The number of aliphatic hydroxyl groups is 1. The molecule has 0 saturated carbocycles. The fraction of sp³-hybridized carbons (Fsp3) is 0.500. The Balaban J connectivity index is 2.50. The molecule has 5 heteroatoms. The van der Waals surface area contributed by atoms with Crippen LogP contribution in [0.5, 0.6) is 0 Å². The average Bonchev–Trinajstić information content (AvgIpc) is 2.28. The molecule has 96 valence electrons. The van der Waals surface area contributed by atoms with Gasteiger partial charge in [0, 0.05) is 22.7 Å². The highest BCUT2D eigenvalue weighted by Crippen LogP contribution is 2.28. The highest BCUT2D eigenvalue weighted by Gasteiger charge is 2.09. The maximum atomic E-state index is 9.23. The van der Waals surface area contributed by atoms with E-state index in [-0.39, 0.29) is 12.6 Å². The van der Waals surface area contributed by atoms with Gasteiger partial charge < -0.3 is 10.4 Å². The van der Waals surface area contributed by atoms with Crippen LogP contribution in [0.25, 0.3) is 0 Å². The van der Waals surface area contributed by atoms with Crippen molar-refractivity contribution in [3.63, 3.8) is 0 Å². The topological polar surface area (TPSA) is 32.3 Å². The molecule has 1 atom stereocenters. The summed E-state index contributed by atoms with van der Waals surface area (Å²) >= 11 is 13.4. The van der Waals surface area contributed by atoms with Crippen molar-refractivity contribution in [2.45, 2.75) is 30.8 Å². The van der Waals surface area contributed by atoms with Crippen molar-refractivity contribution < 1.29 is 5.11 Å². The zero-order valence-electron chi connectivity index (χ0n) is 9.91. The normalized spacial score (nSPS) is 13.1. The molecule has 0 aromatic heterocycles.